The minimum Gasteiger partial charge on any atom is -0.377 e. The van der Waals surface area contributed by atoms with Crippen molar-refractivity contribution < 1.29 is 4.74 Å². The van der Waals surface area contributed by atoms with Crippen LogP contribution in [0.3, 0.4) is 0 Å². The molecule has 1 aromatic carbocycles. The smallest absolute Gasteiger partial charge is 0.191 e. The number of guanidine groups is 1. The van der Waals surface area contributed by atoms with E-state index >= 15 is 0 Å². The summed E-state index contributed by atoms with van der Waals surface area (Å²) in [5.41, 5.74) is 2.80. The second-order valence-electron chi connectivity index (χ2n) is 8.57. The molecule has 0 spiro atoms. The third kappa shape index (κ3) is 6.90. The Kier molecular flexibility index (Phi) is 9.74. The fourth-order valence-corrected chi connectivity index (χ4v) is 3.62. The van der Waals surface area contributed by atoms with Crippen molar-refractivity contribution in [3.63, 3.8) is 0 Å². The summed E-state index contributed by atoms with van der Waals surface area (Å²) >= 11 is 0. The highest BCUT2D eigenvalue weighted by molar-refractivity contribution is 14.0. The van der Waals surface area contributed by atoms with Gasteiger partial charge in [-0.2, -0.15) is 5.10 Å². The van der Waals surface area contributed by atoms with Gasteiger partial charge in [0.15, 0.2) is 11.8 Å². The number of hydrogen-bond donors (Lipinski definition) is 2. The summed E-state index contributed by atoms with van der Waals surface area (Å²) in [7, 11) is 1.67. The van der Waals surface area contributed by atoms with Gasteiger partial charge in [0.2, 0.25) is 0 Å². The SMILES string of the molecule is CCNC(=NCc1ccc(C(C)(C)CC)cc1)NC1CCc2nc(COC)nn2C1.I. The average Bonchev–Trinajstić information content (AvgIpc) is 3.14. The lowest BCUT2D eigenvalue weighted by molar-refractivity contribution is 0.177. The van der Waals surface area contributed by atoms with Gasteiger partial charge in [-0.1, -0.05) is 45.0 Å². The van der Waals surface area contributed by atoms with Gasteiger partial charge in [0.1, 0.15) is 12.4 Å². The number of nitrogens with zero attached hydrogens (tertiary/aromatic N) is 4. The molecule has 1 unspecified atom stereocenters. The van der Waals surface area contributed by atoms with E-state index in [1.165, 1.54) is 11.1 Å². The van der Waals surface area contributed by atoms with Crippen LogP contribution in [0.15, 0.2) is 29.3 Å². The summed E-state index contributed by atoms with van der Waals surface area (Å²) in [5, 5.41) is 11.5. The number of aliphatic imine (C=N–C) groups is 1. The third-order valence-electron chi connectivity index (χ3n) is 5.90. The molecular formula is C23H37IN6O. The van der Waals surface area contributed by atoms with Crippen molar-refractivity contribution >= 4 is 29.9 Å². The van der Waals surface area contributed by atoms with E-state index in [0.29, 0.717) is 13.2 Å². The summed E-state index contributed by atoms with van der Waals surface area (Å²) in [6, 6.07) is 9.14. The molecule has 172 valence electrons. The normalized spacial score (nSPS) is 16.4. The molecule has 2 aromatic rings. The van der Waals surface area contributed by atoms with Crippen LogP contribution in [0, 0.1) is 0 Å². The first-order valence-electron chi connectivity index (χ1n) is 11.0. The van der Waals surface area contributed by atoms with Crippen LogP contribution < -0.4 is 10.6 Å². The topological polar surface area (TPSA) is 76.4 Å². The standard InChI is InChI=1S/C23H36N6O.HI/c1-6-23(3,4)18-10-8-17(9-11-18)14-25-22(24-7-2)26-19-12-13-21-27-20(16-30-5)28-29(21)15-19;/h8-11,19H,6-7,12-16H2,1-5H3,(H2,24,25,26);1H. The second kappa shape index (κ2) is 11.8. The van der Waals surface area contributed by atoms with Gasteiger partial charge < -0.3 is 15.4 Å². The van der Waals surface area contributed by atoms with Crippen LogP contribution in [-0.4, -0.2) is 40.4 Å². The number of hydrogen-bond acceptors (Lipinski definition) is 4. The molecular weight excluding hydrogens is 503 g/mol. The molecule has 31 heavy (non-hydrogen) atoms. The van der Waals surface area contributed by atoms with Gasteiger partial charge in [-0.15, -0.1) is 24.0 Å². The Bertz CT molecular complexity index is 846. The van der Waals surface area contributed by atoms with Crippen molar-refractivity contribution in [1.82, 2.24) is 25.4 Å². The van der Waals surface area contributed by atoms with Crippen molar-refractivity contribution in [2.75, 3.05) is 13.7 Å². The van der Waals surface area contributed by atoms with Gasteiger partial charge in [0.05, 0.1) is 13.1 Å². The van der Waals surface area contributed by atoms with E-state index in [1.807, 2.05) is 4.68 Å². The van der Waals surface area contributed by atoms with Gasteiger partial charge in [-0.05, 0) is 36.3 Å². The zero-order chi connectivity index (χ0) is 21.6. The number of methoxy groups -OCH3 is 1. The van der Waals surface area contributed by atoms with Crippen molar-refractivity contribution in [2.45, 2.75) is 78.1 Å². The summed E-state index contributed by atoms with van der Waals surface area (Å²) in [4.78, 5) is 9.36. The molecule has 2 N–H and O–H groups in total. The Balaban J connectivity index is 0.00000341. The van der Waals surface area contributed by atoms with Crippen molar-refractivity contribution in [1.29, 1.82) is 0 Å². The monoisotopic (exact) mass is 540 g/mol. The lowest BCUT2D eigenvalue weighted by Crippen LogP contribution is -2.47. The number of ether oxygens (including phenoxy) is 1. The molecule has 2 heterocycles. The first-order valence-corrected chi connectivity index (χ1v) is 11.0. The van der Waals surface area contributed by atoms with E-state index in [4.69, 9.17) is 9.73 Å². The molecule has 0 amide bonds. The maximum atomic E-state index is 5.15. The number of benzene rings is 1. The van der Waals surface area contributed by atoms with Gasteiger partial charge in [-0.3, -0.25) is 0 Å². The predicted molar refractivity (Wildman–Crippen MR) is 136 cm³/mol. The Morgan fingerprint density at radius 1 is 1.26 bits per heavy atom. The molecule has 1 aliphatic rings. The number of fused-ring (bicyclic) bond motifs is 1. The van der Waals surface area contributed by atoms with Crippen LogP contribution in [-0.2, 0) is 36.3 Å². The maximum Gasteiger partial charge on any atom is 0.191 e. The van der Waals surface area contributed by atoms with E-state index in [-0.39, 0.29) is 35.4 Å². The largest absolute Gasteiger partial charge is 0.377 e. The lowest BCUT2D eigenvalue weighted by atomic mass is 9.82. The molecule has 0 saturated heterocycles. The maximum absolute atomic E-state index is 5.15. The fourth-order valence-electron chi connectivity index (χ4n) is 3.62. The van der Waals surface area contributed by atoms with E-state index in [2.05, 4.69) is 72.7 Å². The highest BCUT2D eigenvalue weighted by Gasteiger charge is 2.22. The molecule has 0 radical (unpaired) electrons. The Morgan fingerprint density at radius 3 is 2.65 bits per heavy atom. The van der Waals surface area contributed by atoms with Crippen molar-refractivity contribution in [3.8, 4) is 0 Å². The first-order chi connectivity index (χ1) is 14.4. The summed E-state index contributed by atoms with van der Waals surface area (Å²) < 4.78 is 7.15. The summed E-state index contributed by atoms with van der Waals surface area (Å²) in [6.45, 7) is 11.6. The number of rotatable bonds is 8. The van der Waals surface area contributed by atoms with E-state index in [1.54, 1.807) is 7.11 Å². The molecule has 7 nitrogen and oxygen atoms in total. The summed E-state index contributed by atoms with van der Waals surface area (Å²) in [6.07, 6.45) is 3.04. The molecule has 0 aliphatic carbocycles. The Hall–Kier alpha value is -1.68. The molecule has 0 fully saturated rings. The number of nitrogens with one attached hydrogen (secondary N) is 2. The minimum absolute atomic E-state index is 0. The molecule has 1 aliphatic heterocycles. The number of aryl methyl sites for hydroxylation is 1. The fraction of sp³-hybridized carbons (Fsp3) is 0.609. The van der Waals surface area contributed by atoms with E-state index in [9.17, 15) is 0 Å². The first kappa shape index (κ1) is 25.6. The molecule has 3 rings (SSSR count). The van der Waals surface area contributed by atoms with Gasteiger partial charge >= 0.3 is 0 Å². The highest BCUT2D eigenvalue weighted by Crippen LogP contribution is 2.26. The number of halogens is 1. The van der Waals surface area contributed by atoms with Crippen LogP contribution in [0.2, 0.25) is 0 Å². The molecule has 0 bridgehead atoms. The van der Waals surface area contributed by atoms with Crippen LogP contribution in [0.25, 0.3) is 0 Å². The van der Waals surface area contributed by atoms with Crippen LogP contribution >= 0.6 is 24.0 Å². The van der Waals surface area contributed by atoms with E-state index in [0.717, 1.165) is 50.0 Å². The van der Waals surface area contributed by atoms with Crippen LogP contribution in [0.1, 0.15) is 63.3 Å². The van der Waals surface area contributed by atoms with Crippen LogP contribution in [0.5, 0.6) is 0 Å². The highest BCUT2D eigenvalue weighted by atomic mass is 127. The number of aromatic nitrogens is 3. The van der Waals surface area contributed by atoms with Crippen LogP contribution in [0.4, 0.5) is 0 Å². The third-order valence-corrected chi connectivity index (χ3v) is 5.90. The zero-order valence-corrected chi connectivity index (χ0v) is 21.8. The molecule has 1 atom stereocenters. The lowest BCUT2D eigenvalue weighted by Gasteiger charge is -2.25. The summed E-state index contributed by atoms with van der Waals surface area (Å²) in [5.74, 6) is 2.64. The molecule has 1 aromatic heterocycles. The zero-order valence-electron chi connectivity index (χ0n) is 19.4. The predicted octanol–water partition coefficient (Wildman–Crippen LogP) is 3.80. The molecule has 8 heteroatoms. The van der Waals surface area contributed by atoms with Gasteiger partial charge in [-0.25, -0.2) is 14.7 Å². The average molecular weight is 540 g/mol. The molecule has 0 saturated carbocycles. The van der Waals surface area contributed by atoms with Crippen molar-refractivity contribution in [2.24, 2.45) is 4.99 Å². The minimum atomic E-state index is 0. The quantitative estimate of drug-likeness (QED) is 0.303. The Morgan fingerprint density at radius 2 is 2.00 bits per heavy atom. The van der Waals surface area contributed by atoms with Crippen molar-refractivity contribution in [3.05, 3.63) is 47.0 Å². The van der Waals surface area contributed by atoms with Gasteiger partial charge in [0.25, 0.3) is 0 Å². The second-order valence-corrected chi connectivity index (χ2v) is 8.57. The Labute approximate surface area is 203 Å². The van der Waals surface area contributed by atoms with Gasteiger partial charge in [0, 0.05) is 26.1 Å². The van der Waals surface area contributed by atoms with E-state index < -0.39 is 0 Å².